The van der Waals surface area contributed by atoms with Crippen LogP contribution in [0.25, 0.3) is 0 Å². The Labute approximate surface area is 71.7 Å². The molecule has 0 spiro atoms. The largest absolute Gasteiger partial charge is 0.393 e. The van der Waals surface area contributed by atoms with E-state index in [2.05, 4.69) is 5.32 Å². The van der Waals surface area contributed by atoms with Gasteiger partial charge in [0.05, 0.1) is 6.10 Å². The summed E-state index contributed by atoms with van der Waals surface area (Å²) >= 11 is 5.47. The van der Waals surface area contributed by atoms with E-state index >= 15 is 0 Å². The first-order chi connectivity index (χ1) is 5.04. The third-order valence-electron chi connectivity index (χ3n) is 1.22. The molecule has 0 fully saturated rings. The molecule has 0 aliphatic heterocycles. The van der Waals surface area contributed by atoms with Gasteiger partial charge in [0.15, 0.2) is 0 Å². The van der Waals surface area contributed by atoms with Crippen molar-refractivity contribution in [1.82, 2.24) is 5.32 Å². The predicted molar refractivity (Wildman–Crippen MR) is 44.6 cm³/mol. The molecule has 1 amide bonds. The van der Waals surface area contributed by atoms with Crippen molar-refractivity contribution >= 4 is 17.5 Å². The SMILES string of the molecule is CC(O)CCNC(=O)C(C)Cl. The molecule has 11 heavy (non-hydrogen) atoms. The van der Waals surface area contributed by atoms with E-state index in [9.17, 15) is 4.79 Å². The van der Waals surface area contributed by atoms with Crippen molar-refractivity contribution in [2.45, 2.75) is 31.7 Å². The number of hydrogen-bond donors (Lipinski definition) is 2. The predicted octanol–water partition coefficient (Wildman–Crippen LogP) is 0.501. The van der Waals surface area contributed by atoms with Crippen molar-refractivity contribution < 1.29 is 9.90 Å². The average molecular weight is 180 g/mol. The van der Waals surface area contributed by atoms with Crippen LogP contribution < -0.4 is 5.32 Å². The molecular weight excluding hydrogens is 166 g/mol. The summed E-state index contributed by atoms with van der Waals surface area (Å²) in [6, 6.07) is 0. The maximum Gasteiger partial charge on any atom is 0.237 e. The smallest absolute Gasteiger partial charge is 0.237 e. The first-order valence-electron chi connectivity index (χ1n) is 3.64. The number of carbonyl (C=O) groups is 1. The van der Waals surface area contributed by atoms with E-state index in [1.165, 1.54) is 0 Å². The van der Waals surface area contributed by atoms with Crippen molar-refractivity contribution in [2.24, 2.45) is 0 Å². The molecule has 0 saturated heterocycles. The molecule has 2 N–H and O–H groups in total. The maximum atomic E-state index is 10.8. The van der Waals surface area contributed by atoms with Gasteiger partial charge in [0.2, 0.25) is 5.91 Å². The third-order valence-corrected chi connectivity index (χ3v) is 1.42. The van der Waals surface area contributed by atoms with Crippen LogP contribution in [0.5, 0.6) is 0 Å². The number of halogens is 1. The van der Waals surface area contributed by atoms with E-state index in [4.69, 9.17) is 16.7 Å². The van der Waals surface area contributed by atoms with Crippen LogP contribution in [0.1, 0.15) is 20.3 Å². The number of alkyl halides is 1. The Kier molecular flexibility index (Phi) is 5.24. The molecule has 0 heterocycles. The second-order valence-corrected chi connectivity index (χ2v) is 3.20. The monoisotopic (exact) mass is 179 g/mol. The summed E-state index contributed by atoms with van der Waals surface area (Å²) in [6.07, 6.45) is 0.191. The van der Waals surface area contributed by atoms with Crippen LogP contribution in [0, 0.1) is 0 Å². The molecule has 0 bridgehead atoms. The number of amides is 1. The summed E-state index contributed by atoms with van der Waals surface area (Å²) in [4.78, 5) is 10.8. The third kappa shape index (κ3) is 6.13. The standard InChI is InChI=1S/C7H14ClNO2/c1-5(10)3-4-9-7(11)6(2)8/h5-6,10H,3-4H2,1-2H3,(H,9,11). The number of hydrogen-bond acceptors (Lipinski definition) is 2. The van der Waals surface area contributed by atoms with Crippen LogP contribution in [0.15, 0.2) is 0 Å². The van der Waals surface area contributed by atoms with Gasteiger partial charge in [0.25, 0.3) is 0 Å². The Balaban J connectivity index is 3.32. The van der Waals surface area contributed by atoms with E-state index < -0.39 is 5.38 Å². The number of aliphatic hydroxyl groups excluding tert-OH is 1. The van der Waals surface area contributed by atoms with Gasteiger partial charge >= 0.3 is 0 Å². The number of nitrogens with one attached hydrogen (secondary N) is 1. The van der Waals surface area contributed by atoms with Gasteiger partial charge in [-0.2, -0.15) is 0 Å². The fraction of sp³-hybridized carbons (Fsp3) is 0.857. The van der Waals surface area contributed by atoms with Gasteiger partial charge in [-0.1, -0.05) is 0 Å². The highest BCUT2D eigenvalue weighted by Crippen LogP contribution is 1.93. The first kappa shape index (κ1) is 10.7. The summed E-state index contributed by atoms with van der Waals surface area (Å²) in [5.74, 6) is -0.188. The minimum absolute atomic E-state index is 0.188. The van der Waals surface area contributed by atoms with Gasteiger partial charge in [-0.05, 0) is 20.3 Å². The highest BCUT2D eigenvalue weighted by atomic mass is 35.5. The molecule has 66 valence electrons. The van der Waals surface area contributed by atoms with Gasteiger partial charge in [-0.3, -0.25) is 4.79 Å². The number of carbonyl (C=O) groups excluding carboxylic acids is 1. The van der Waals surface area contributed by atoms with Gasteiger partial charge in [0.1, 0.15) is 5.38 Å². The van der Waals surface area contributed by atoms with Crippen molar-refractivity contribution in [3.05, 3.63) is 0 Å². The lowest BCUT2D eigenvalue weighted by atomic mass is 10.3. The Morgan fingerprint density at radius 1 is 1.64 bits per heavy atom. The van der Waals surface area contributed by atoms with Crippen LogP contribution in [-0.2, 0) is 4.79 Å². The normalized spacial score (nSPS) is 15.6. The van der Waals surface area contributed by atoms with Crippen LogP contribution in [0.3, 0.4) is 0 Å². The fourth-order valence-corrected chi connectivity index (χ4v) is 0.622. The Hall–Kier alpha value is -0.280. The minimum Gasteiger partial charge on any atom is -0.393 e. The summed E-state index contributed by atoms with van der Waals surface area (Å²) < 4.78 is 0. The zero-order chi connectivity index (χ0) is 8.85. The van der Waals surface area contributed by atoms with Crippen molar-refractivity contribution in [3.63, 3.8) is 0 Å². The lowest BCUT2D eigenvalue weighted by molar-refractivity contribution is -0.120. The molecule has 4 heteroatoms. The molecule has 3 nitrogen and oxygen atoms in total. The highest BCUT2D eigenvalue weighted by molar-refractivity contribution is 6.30. The summed E-state index contributed by atoms with van der Waals surface area (Å²) in [5, 5.41) is 10.9. The summed E-state index contributed by atoms with van der Waals surface area (Å²) in [7, 11) is 0. The number of aliphatic hydroxyl groups is 1. The second kappa shape index (κ2) is 5.38. The molecule has 0 saturated carbocycles. The fourth-order valence-electron chi connectivity index (χ4n) is 0.545. The summed E-state index contributed by atoms with van der Waals surface area (Å²) in [5.41, 5.74) is 0. The van der Waals surface area contributed by atoms with Crippen LogP contribution in [0.2, 0.25) is 0 Å². The lowest BCUT2D eigenvalue weighted by Crippen LogP contribution is -2.31. The zero-order valence-corrected chi connectivity index (χ0v) is 7.56. The molecular formula is C7H14ClNO2. The molecule has 0 rings (SSSR count). The van der Waals surface area contributed by atoms with Crippen molar-refractivity contribution in [1.29, 1.82) is 0 Å². The molecule has 0 aliphatic carbocycles. The minimum atomic E-state index is -0.496. The first-order valence-corrected chi connectivity index (χ1v) is 4.07. The Morgan fingerprint density at radius 3 is 2.55 bits per heavy atom. The van der Waals surface area contributed by atoms with Gasteiger partial charge in [-0.25, -0.2) is 0 Å². The lowest BCUT2D eigenvalue weighted by Gasteiger charge is -2.07. The molecule has 0 aromatic rings. The Bertz CT molecular complexity index is 126. The molecule has 0 aromatic carbocycles. The molecule has 0 aromatic heterocycles. The van der Waals surface area contributed by atoms with Gasteiger partial charge in [-0.15, -0.1) is 11.6 Å². The quantitative estimate of drug-likeness (QED) is 0.618. The van der Waals surface area contributed by atoms with E-state index in [-0.39, 0.29) is 12.0 Å². The van der Waals surface area contributed by atoms with Gasteiger partial charge < -0.3 is 10.4 Å². The van der Waals surface area contributed by atoms with Crippen molar-refractivity contribution in [3.8, 4) is 0 Å². The van der Waals surface area contributed by atoms with Crippen LogP contribution in [-0.4, -0.2) is 29.0 Å². The van der Waals surface area contributed by atoms with E-state index in [1.54, 1.807) is 13.8 Å². The Morgan fingerprint density at radius 2 is 2.18 bits per heavy atom. The topological polar surface area (TPSA) is 49.3 Å². The molecule has 2 atom stereocenters. The maximum absolute atomic E-state index is 10.8. The van der Waals surface area contributed by atoms with Gasteiger partial charge in [0, 0.05) is 6.54 Å². The molecule has 2 unspecified atom stereocenters. The highest BCUT2D eigenvalue weighted by Gasteiger charge is 2.07. The van der Waals surface area contributed by atoms with E-state index in [0.717, 1.165) is 0 Å². The molecule has 0 aliphatic rings. The second-order valence-electron chi connectivity index (χ2n) is 2.54. The molecule has 0 radical (unpaired) electrons. The van der Waals surface area contributed by atoms with Crippen LogP contribution in [0.4, 0.5) is 0 Å². The zero-order valence-electron chi connectivity index (χ0n) is 6.80. The number of rotatable bonds is 4. The van der Waals surface area contributed by atoms with Crippen molar-refractivity contribution in [2.75, 3.05) is 6.54 Å². The van der Waals surface area contributed by atoms with E-state index in [1.807, 2.05) is 0 Å². The van der Waals surface area contributed by atoms with Crippen LogP contribution >= 0.6 is 11.6 Å². The van der Waals surface area contributed by atoms with E-state index in [0.29, 0.717) is 13.0 Å². The average Bonchev–Trinajstić information content (AvgIpc) is 1.86. The summed E-state index contributed by atoms with van der Waals surface area (Å²) in [6.45, 7) is 3.77.